The molecule has 0 spiro atoms. The number of nitrogens with zero attached hydrogens (tertiary/aromatic N) is 1. The molecule has 1 fully saturated rings. The van der Waals surface area contributed by atoms with Crippen LogP contribution in [0.5, 0.6) is 0 Å². The molecule has 1 amide bonds. The Balaban J connectivity index is 1.85. The minimum absolute atomic E-state index is 0.191. The zero-order chi connectivity index (χ0) is 14.8. The molecule has 0 unspecified atom stereocenters. The van der Waals surface area contributed by atoms with Gasteiger partial charge in [-0.2, -0.15) is 4.31 Å². The molecule has 1 aromatic rings. The summed E-state index contributed by atoms with van der Waals surface area (Å²) in [4.78, 5) is 13.3. The molecule has 112 valence electrons. The first-order valence-electron chi connectivity index (χ1n) is 6.36. The number of carbonyl (C=O) groups is 1. The highest BCUT2D eigenvalue weighted by Gasteiger charge is 2.36. The fourth-order valence-electron chi connectivity index (χ4n) is 2.31. The Morgan fingerprint density at radius 3 is 2.90 bits per heavy atom. The maximum Gasteiger partial charge on any atom is 0.238 e. The Labute approximate surface area is 131 Å². The molecule has 1 N–H and O–H groups in total. The Morgan fingerprint density at radius 2 is 2.30 bits per heavy atom. The SMILES string of the molecule is CS(=O)(=O)N1CCC[C@H]1C(=O)NCCc1ccc(Br)s1. The van der Waals surface area contributed by atoms with Crippen LogP contribution in [0, 0.1) is 0 Å². The van der Waals surface area contributed by atoms with Crippen molar-refractivity contribution in [2.75, 3.05) is 19.3 Å². The average molecular weight is 381 g/mol. The second-order valence-corrected chi connectivity index (χ2v) is 9.26. The van der Waals surface area contributed by atoms with Crippen LogP contribution in [-0.4, -0.2) is 44.0 Å². The van der Waals surface area contributed by atoms with E-state index in [9.17, 15) is 13.2 Å². The van der Waals surface area contributed by atoms with Crippen molar-refractivity contribution in [1.29, 1.82) is 0 Å². The van der Waals surface area contributed by atoms with Gasteiger partial charge >= 0.3 is 0 Å². The maximum absolute atomic E-state index is 12.1. The van der Waals surface area contributed by atoms with E-state index in [1.54, 1.807) is 11.3 Å². The normalized spacial score (nSPS) is 20.2. The summed E-state index contributed by atoms with van der Waals surface area (Å²) in [5.41, 5.74) is 0. The van der Waals surface area contributed by atoms with Crippen molar-refractivity contribution in [2.24, 2.45) is 0 Å². The summed E-state index contributed by atoms with van der Waals surface area (Å²) in [6.07, 6.45) is 3.25. The number of hydrogen-bond donors (Lipinski definition) is 1. The Hall–Kier alpha value is -0.440. The molecule has 1 atom stereocenters. The van der Waals surface area contributed by atoms with Crippen LogP contribution >= 0.6 is 27.3 Å². The summed E-state index contributed by atoms with van der Waals surface area (Å²) in [5, 5.41) is 2.83. The molecular formula is C12H17BrN2O3S2. The maximum atomic E-state index is 12.1. The van der Waals surface area contributed by atoms with Crippen LogP contribution < -0.4 is 5.32 Å². The van der Waals surface area contributed by atoms with Crippen molar-refractivity contribution < 1.29 is 13.2 Å². The van der Waals surface area contributed by atoms with Crippen LogP contribution in [0.25, 0.3) is 0 Å². The molecule has 0 bridgehead atoms. The number of carbonyl (C=O) groups excluding carboxylic acids is 1. The Bertz CT molecular complexity index is 585. The molecular weight excluding hydrogens is 364 g/mol. The van der Waals surface area contributed by atoms with Gasteiger partial charge in [0.2, 0.25) is 15.9 Å². The van der Waals surface area contributed by atoms with E-state index in [1.807, 2.05) is 12.1 Å². The lowest BCUT2D eigenvalue weighted by atomic mass is 10.2. The van der Waals surface area contributed by atoms with Crippen molar-refractivity contribution in [1.82, 2.24) is 9.62 Å². The number of halogens is 1. The second kappa shape index (κ2) is 6.55. The van der Waals surface area contributed by atoms with Crippen LogP contribution in [-0.2, 0) is 21.2 Å². The molecule has 2 heterocycles. The topological polar surface area (TPSA) is 66.5 Å². The predicted octanol–water partition coefficient (Wildman–Crippen LogP) is 1.59. The molecule has 8 heteroatoms. The van der Waals surface area contributed by atoms with Crippen molar-refractivity contribution in [2.45, 2.75) is 25.3 Å². The largest absolute Gasteiger partial charge is 0.354 e. The van der Waals surface area contributed by atoms with Gasteiger partial charge in [-0.05, 0) is 47.3 Å². The van der Waals surface area contributed by atoms with Crippen LogP contribution in [0.3, 0.4) is 0 Å². The summed E-state index contributed by atoms with van der Waals surface area (Å²) >= 11 is 5.03. The zero-order valence-electron chi connectivity index (χ0n) is 11.1. The summed E-state index contributed by atoms with van der Waals surface area (Å²) in [6.45, 7) is 0.967. The first-order valence-corrected chi connectivity index (χ1v) is 9.82. The Kier molecular flexibility index (Phi) is 5.22. The van der Waals surface area contributed by atoms with E-state index in [1.165, 1.54) is 9.18 Å². The van der Waals surface area contributed by atoms with E-state index in [0.717, 1.165) is 22.9 Å². The minimum Gasteiger partial charge on any atom is -0.354 e. The highest BCUT2D eigenvalue weighted by molar-refractivity contribution is 9.11. The van der Waals surface area contributed by atoms with E-state index in [-0.39, 0.29) is 5.91 Å². The minimum atomic E-state index is -3.30. The van der Waals surface area contributed by atoms with Gasteiger partial charge in [-0.1, -0.05) is 0 Å². The number of thiophene rings is 1. The third kappa shape index (κ3) is 4.03. The molecule has 20 heavy (non-hydrogen) atoms. The van der Waals surface area contributed by atoms with Crippen LogP contribution in [0.2, 0.25) is 0 Å². The number of nitrogens with one attached hydrogen (secondary N) is 1. The zero-order valence-corrected chi connectivity index (χ0v) is 14.4. The summed E-state index contributed by atoms with van der Waals surface area (Å²) < 4.78 is 25.5. The molecule has 0 aliphatic carbocycles. The van der Waals surface area contributed by atoms with Gasteiger partial charge in [-0.25, -0.2) is 8.42 Å². The van der Waals surface area contributed by atoms with Gasteiger partial charge in [0.25, 0.3) is 0 Å². The fourth-order valence-corrected chi connectivity index (χ4v) is 4.92. The predicted molar refractivity (Wildman–Crippen MR) is 83.3 cm³/mol. The number of sulfonamides is 1. The van der Waals surface area contributed by atoms with Gasteiger partial charge in [0.1, 0.15) is 6.04 Å². The third-order valence-corrected chi connectivity index (χ3v) is 6.20. The molecule has 0 aromatic carbocycles. The number of amides is 1. The van der Waals surface area contributed by atoms with Crippen LogP contribution in [0.15, 0.2) is 15.9 Å². The molecule has 1 aliphatic rings. The van der Waals surface area contributed by atoms with E-state index in [0.29, 0.717) is 19.5 Å². The van der Waals surface area contributed by atoms with Gasteiger partial charge < -0.3 is 5.32 Å². The average Bonchev–Trinajstić information content (AvgIpc) is 2.96. The molecule has 1 aromatic heterocycles. The summed E-state index contributed by atoms with van der Waals surface area (Å²) in [7, 11) is -3.30. The third-order valence-electron chi connectivity index (χ3n) is 3.23. The second-order valence-electron chi connectivity index (χ2n) is 4.78. The molecule has 1 aliphatic heterocycles. The number of rotatable bonds is 5. The number of hydrogen-bond acceptors (Lipinski definition) is 4. The summed E-state index contributed by atoms with van der Waals surface area (Å²) in [5.74, 6) is -0.191. The van der Waals surface area contributed by atoms with Gasteiger partial charge in [0, 0.05) is 18.0 Å². The lowest BCUT2D eigenvalue weighted by Gasteiger charge is -2.21. The van der Waals surface area contributed by atoms with Crippen LogP contribution in [0.4, 0.5) is 0 Å². The standard InChI is InChI=1S/C12H17BrN2O3S2/c1-20(17,18)15-8-2-3-10(15)12(16)14-7-6-9-4-5-11(13)19-9/h4-5,10H,2-3,6-8H2,1H3,(H,14,16)/t10-/m0/s1. The lowest BCUT2D eigenvalue weighted by molar-refractivity contribution is -0.124. The van der Waals surface area contributed by atoms with Crippen LogP contribution in [0.1, 0.15) is 17.7 Å². The molecule has 0 saturated carbocycles. The summed E-state index contributed by atoms with van der Waals surface area (Å²) in [6, 6.07) is 3.45. The first kappa shape index (κ1) is 15.9. The molecule has 2 rings (SSSR count). The molecule has 1 saturated heterocycles. The van der Waals surface area contributed by atoms with Crippen molar-refractivity contribution in [3.05, 3.63) is 20.8 Å². The van der Waals surface area contributed by atoms with Gasteiger partial charge in [-0.15, -0.1) is 11.3 Å². The highest BCUT2D eigenvalue weighted by atomic mass is 79.9. The molecule has 5 nitrogen and oxygen atoms in total. The van der Waals surface area contributed by atoms with Crippen molar-refractivity contribution >= 4 is 43.2 Å². The van der Waals surface area contributed by atoms with Crippen molar-refractivity contribution in [3.63, 3.8) is 0 Å². The lowest BCUT2D eigenvalue weighted by Crippen LogP contribution is -2.45. The molecule has 0 radical (unpaired) electrons. The quantitative estimate of drug-likeness (QED) is 0.843. The van der Waals surface area contributed by atoms with E-state index < -0.39 is 16.1 Å². The van der Waals surface area contributed by atoms with Gasteiger partial charge in [-0.3, -0.25) is 4.79 Å². The Morgan fingerprint density at radius 1 is 1.55 bits per heavy atom. The van der Waals surface area contributed by atoms with E-state index >= 15 is 0 Å². The fraction of sp³-hybridized carbons (Fsp3) is 0.583. The highest BCUT2D eigenvalue weighted by Crippen LogP contribution is 2.22. The van der Waals surface area contributed by atoms with E-state index in [2.05, 4.69) is 21.2 Å². The van der Waals surface area contributed by atoms with Gasteiger partial charge in [0.15, 0.2) is 0 Å². The van der Waals surface area contributed by atoms with E-state index in [4.69, 9.17) is 0 Å². The van der Waals surface area contributed by atoms with Crippen molar-refractivity contribution in [3.8, 4) is 0 Å². The monoisotopic (exact) mass is 380 g/mol. The first-order chi connectivity index (χ1) is 9.38. The van der Waals surface area contributed by atoms with Gasteiger partial charge in [0.05, 0.1) is 10.0 Å². The smallest absolute Gasteiger partial charge is 0.238 e.